The zero-order chi connectivity index (χ0) is 13.5. The molecule has 0 radical (unpaired) electrons. The van der Waals surface area contributed by atoms with E-state index < -0.39 is 0 Å². The van der Waals surface area contributed by atoms with E-state index >= 15 is 0 Å². The highest BCUT2D eigenvalue weighted by atomic mass is 32.1. The highest BCUT2D eigenvalue weighted by Crippen LogP contribution is 2.14. The predicted octanol–water partition coefficient (Wildman–Crippen LogP) is 3.39. The Labute approximate surface area is 117 Å². The Kier molecular flexibility index (Phi) is 4.93. The van der Waals surface area contributed by atoms with Gasteiger partial charge < -0.3 is 4.74 Å². The van der Waals surface area contributed by atoms with Crippen LogP contribution in [0.25, 0.3) is 0 Å². The molecule has 0 unspecified atom stereocenters. The molecule has 0 aliphatic heterocycles. The smallest absolute Gasteiger partial charge is 0.119 e. The van der Waals surface area contributed by atoms with Crippen molar-refractivity contribution >= 4 is 11.3 Å². The van der Waals surface area contributed by atoms with Crippen LogP contribution >= 0.6 is 11.3 Å². The van der Waals surface area contributed by atoms with Crippen molar-refractivity contribution in [1.29, 1.82) is 5.26 Å². The maximum absolute atomic E-state index is 8.59. The van der Waals surface area contributed by atoms with Crippen molar-refractivity contribution in [2.24, 2.45) is 0 Å². The third-order valence-electron chi connectivity index (χ3n) is 2.78. The molecule has 0 aliphatic rings. The number of rotatable bonds is 6. The van der Waals surface area contributed by atoms with Gasteiger partial charge in [-0.1, -0.05) is 19.1 Å². The molecule has 2 rings (SSSR count). The van der Waals surface area contributed by atoms with Gasteiger partial charge in [0.25, 0.3) is 0 Å². The average molecular weight is 272 g/mol. The predicted molar refractivity (Wildman–Crippen MR) is 76.5 cm³/mol. The summed E-state index contributed by atoms with van der Waals surface area (Å²) in [5, 5.41) is 11.5. The third kappa shape index (κ3) is 4.08. The van der Waals surface area contributed by atoms with Gasteiger partial charge in [0.2, 0.25) is 0 Å². The number of nitriles is 1. The molecule has 1 aromatic carbocycles. The molecule has 0 bridgehead atoms. The Morgan fingerprint density at radius 2 is 2.11 bits per heavy atom. The molecule has 0 saturated heterocycles. The minimum Gasteiger partial charge on any atom is -0.493 e. The van der Waals surface area contributed by atoms with Crippen molar-refractivity contribution in [3.63, 3.8) is 0 Å². The fourth-order valence-corrected chi connectivity index (χ4v) is 2.48. The van der Waals surface area contributed by atoms with E-state index in [2.05, 4.69) is 30.1 Å². The summed E-state index contributed by atoms with van der Waals surface area (Å²) >= 11 is 1.59. The van der Waals surface area contributed by atoms with Crippen LogP contribution in [0.15, 0.2) is 29.6 Å². The molecule has 0 amide bonds. The van der Waals surface area contributed by atoms with Crippen LogP contribution in [0.1, 0.15) is 23.2 Å². The van der Waals surface area contributed by atoms with Gasteiger partial charge in [-0.3, -0.25) is 0 Å². The third-order valence-corrected chi connectivity index (χ3v) is 3.73. The Hall–Kier alpha value is -1.86. The number of aryl methyl sites for hydroxylation is 1. The Morgan fingerprint density at radius 3 is 2.79 bits per heavy atom. The lowest BCUT2D eigenvalue weighted by atomic mass is 10.2. The van der Waals surface area contributed by atoms with E-state index in [9.17, 15) is 0 Å². The molecule has 1 aromatic heterocycles. The molecule has 0 N–H and O–H groups in total. The van der Waals surface area contributed by atoms with Gasteiger partial charge in [-0.05, 0) is 24.1 Å². The topological polar surface area (TPSA) is 45.9 Å². The first-order valence-corrected chi connectivity index (χ1v) is 7.21. The first kappa shape index (κ1) is 13.6. The van der Waals surface area contributed by atoms with Crippen LogP contribution in [0.4, 0.5) is 0 Å². The van der Waals surface area contributed by atoms with Gasteiger partial charge in [0.05, 0.1) is 29.8 Å². The molecule has 4 heteroatoms. The van der Waals surface area contributed by atoms with E-state index in [0.29, 0.717) is 13.0 Å². The number of hydrogen-bond donors (Lipinski definition) is 0. The maximum atomic E-state index is 8.59. The quantitative estimate of drug-likeness (QED) is 0.809. The summed E-state index contributed by atoms with van der Waals surface area (Å²) in [5.41, 5.74) is 2.17. The zero-order valence-corrected chi connectivity index (χ0v) is 11.7. The fraction of sp³-hybridized carbons (Fsp3) is 0.333. The summed E-state index contributed by atoms with van der Waals surface area (Å²) in [6.45, 7) is 2.75. The molecule has 98 valence electrons. The van der Waals surface area contributed by atoms with Crippen molar-refractivity contribution in [1.82, 2.24) is 4.98 Å². The Bertz CT molecular complexity index is 554. The minimum atomic E-state index is 0.385. The summed E-state index contributed by atoms with van der Waals surface area (Å²) in [6, 6.07) is 10.3. The van der Waals surface area contributed by atoms with Crippen LogP contribution in [0.5, 0.6) is 5.75 Å². The fourth-order valence-electron chi connectivity index (χ4n) is 1.70. The lowest BCUT2D eigenvalue weighted by molar-refractivity contribution is 0.321. The molecule has 2 aromatic rings. The van der Waals surface area contributed by atoms with Gasteiger partial charge in [0.15, 0.2) is 0 Å². The highest BCUT2D eigenvalue weighted by molar-refractivity contribution is 7.09. The number of hydrogen-bond acceptors (Lipinski definition) is 4. The summed E-state index contributed by atoms with van der Waals surface area (Å²) in [7, 11) is 0. The second-order valence-electron chi connectivity index (χ2n) is 4.16. The van der Waals surface area contributed by atoms with Crippen LogP contribution in [0, 0.1) is 11.3 Å². The lowest BCUT2D eigenvalue weighted by Crippen LogP contribution is -2.01. The van der Waals surface area contributed by atoms with Gasteiger partial charge in [-0.25, -0.2) is 4.98 Å². The number of nitrogens with zero attached hydrogens (tertiary/aromatic N) is 2. The van der Waals surface area contributed by atoms with Gasteiger partial charge in [-0.15, -0.1) is 11.3 Å². The monoisotopic (exact) mass is 272 g/mol. The van der Waals surface area contributed by atoms with E-state index in [4.69, 9.17) is 10.00 Å². The number of thiazole rings is 1. The largest absolute Gasteiger partial charge is 0.493 e. The van der Waals surface area contributed by atoms with Gasteiger partial charge in [0, 0.05) is 11.8 Å². The average Bonchev–Trinajstić information content (AvgIpc) is 2.88. The number of aromatic nitrogens is 1. The Balaban J connectivity index is 1.80. The summed E-state index contributed by atoms with van der Waals surface area (Å²) in [4.78, 5) is 4.37. The zero-order valence-electron chi connectivity index (χ0n) is 10.9. The Morgan fingerprint density at radius 1 is 1.32 bits per heavy atom. The standard InChI is InChI=1S/C15H16N2OS/c1-2-12-3-5-14(6-4-12)18-10-8-15-17-13(7-9-16)11-19-15/h3-6,11H,2,7-8,10H2,1H3. The molecule has 0 fully saturated rings. The molecule has 19 heavy (non-hydrogen) atoms. The van der Waals surface area contributed by atoms with Crippen LogP contribution in [0.2, 0.25) is 0 Å². The van der Waals surface area contributed by atoms with Crippen molar-refractivity contribution in [3.8, 4) is 11.8 Å². The molecule has 0 saturated carbocycles. The molecule has 1 heterocycles. The molecule has 0 aliphatic carbocycles. The molecular formula is C15H16N2OS. The molecular weight excluding hydrogens is 256 g/mol. The van der Waals surface area contributed by atoms with Crippen LogP contribution in [-0.2, 0) is 19.3 Å². The number of benzene rings is 1. The van der Waals surface area contributed by atoms with E-state index in [-0.39, 0.29) is 0 Å². The normalized spacial score (nSPS) is 10.1. The highest BCUT2D eigenvalue weighted by Gasteiger charge is 2.02. The summed E-state index contributed by atoms with van der Waals surface area (Å²) in [6.07, 6.45) is 2.21. The van der Waals surface area contributed by atoms with E-state index in [1.165, 1.54) is 5.56 Å². The van der Waals surface area contributed by atoms with Crippen LogP contribution < -0.4 is 4.74 Å². The van der Waals surface area contributed by atoms with Crippen LogP contribution in [0.3, 0.4) is 0 Å². The van der Waals surface area contributed by atoms with Gasteiger partial charge in [-0.2, -0.15) is 5.26 Å². The summed E-state index contributed by atoms with van der Waals surface area (Å²) < 4.78 is 5.68. The van der Waals surface area contributed by atoms with E-state index in [0.717, 1.165) is 29.3 Å². The lowest BCUT2D eigenvalue weighted by Gasteiger charge is -2.05. The maximum Gasteiger partial charge on any atom is 0.119 e. The molecule has 3 nitrogen and oxygen atoms in total. The van der Waals surface area contributed by atoms with E-state index in [1.54, 1.807) is 11.3 Å². The first-order valence-electron chi connectivity index (χ1n) is 6.33. The van der Waals surface area contributed by atoms with Gasteiger partial charge >= 0.3 is 0 Å². The van der Waals surface area contributed by atoms with Crippen LogP contribution in [-0.4, -0.2) is 11.6 Å². The minimum absolute atomic E-state index is 0.385. The summed E-state index contributed by atoms with van der Waals surface area (Å²) in [5.74, 6) is 0.894. The first-order chi connectivity index (χ1) is 9.31. The van der Waals surface area contributed by atoms with Crippen molar-refractivity contribution in [2.45, 2.75) is 26.2 Å². The van der Waals surface area contributed by atoms with Crippen molar-refractivity contribution in [3.05, 3.63) is 45.9 Å². The second-order valence-corrected chi connectivity index (χ2v) is 5.11. The molecule has 0 atom stereocenters. The van der Waals surface area contributed by atoms with Crippen molar-refractivity contribution in [2.75, 3.05) is 6.61 Å². The van der Waals surface area contributed by atoms with Gasteiger partial charge in [0.1, 0.15) is 5.75 Å². The SMILES string of the molecule is CCc1ccc(OCCc2nc(CC#N)cs2)cc1. The van der Waals surface area contributed by atoms with Crippen molar-refractivity contribution < 1.29 is 4.74 Å². The second kappa shape index (κ2) is 6.91. The van der Waals surface area contributed by atoms with E-state index in [1.807, 2.05) is 17.5 Å². The molecule has 0 spiro atoms. The number of ether oxygens (including phenoxy) is 1.